The molecule has 7 nitrogen and oxygen atoms in total. The second-order valence-electron chi connectivity index (χ2n) is 6.05. The summed E-state index contributed by atoms with van der Waals surface area (Å²) in [5.41, 5.74) is 0. The molecule has 0 bridgehead atoms. The molecule has 0 aromatic heterocycles. The van der Waals surface area contributed by atoms with E-state index in [4.69, 9.17) is 14.7 Å². The van der Waals surface area contributed by atoms with E-state index in [9.17, 15) is 17.5 Å². The zero-order valence-corrected chi connectivity index (χ0v) is 17.6. The maximum absolute atomic E-state index is 10.8. The van der Waals surface area contributed by atoms with Gasteiger partial charge in [0.15, 0.2) is 0 Å². The second kappa shape index (κ2) is 11.5. The maximum Gasteiger partial charge on any atom is 0.369 e. The largest absolute Gasteiger partial charge is 0.369 e. The molecule has 0 spiro atoms. The third-order valence-corrected chi connectivity index (χ3v) is 11.0. The van der Waals surface area contributed by atoms with Crippen LogP contribution in [0.15, 0.2) is 0 Å². The molecular weight excluding hydrogens is 386 g/mol. The molecule has 0 fully saturated rings. The van der Waals surface area contributed by atoms with Crippen LogP contribution < -0.4 is 0 Å². The van der Waals surface area contributed by atoms with Gasteiger partial charge in [0.05, 0.1) is 0 Å². The summed E-state index contributed by atoms with van der Waals surface area (Å²) in [6.45, 7) is 4.56. The molecule has 25 heavy (non-hydrogen) atoms. The number of hydrogen-bond acceptors (Lipinski definition) is 4. The van der Waals surface area contributed by atoms with Crippen molar-refractivity contribution in [2.24, 2.45) is 0 Å². The highest BCUT2D eigenvalue weighted by Gasteiger charge is 2.65. The van der Waals surface area contributed by atoms with E-state index < -0.39 is 29.7 Å². The minimum Gasteiger partial charge on any atom is -0.344 e. The third kappa shape index (κ3) is 7.17. The Labute approximate surface area is 151 Å². The van der Waals surface area contributed by atoms with Gasteiger partial charge < -0.3 is 14.7 Å². The van der Waals surface area contributed by atoms with E-state index in [0.29, 0.717) is 0 Å². The average molecular weight is 416 g/mol. The molecule has 0 aromatic carbocycles. The minimum absolute atomic E-state index is 1.37. The molecule has 2 atom stereocenters. The fraction of sp³-hybridized carbons (Fsp3) is 0.867. The van der Waals surface area contributed by atoms with Crippen LogP contribution in [0.1, 0.15) is 78.1 Å². The Morgan fingerprint density at radius 1 is 0.920 bits per heavy atom. The first kappa shape index (κ1) is 24.8. The Morgan fingerprint density at radius 2 is 1.28 bits per heavy atom. The molecule has 1 heterocycles. The van der Waals surface area contributed by atoms with E-state index in [1.807, 2.05) is 0 Å². The monoisotopic (exact) mass is 416 g/mol. The Balaban J connectivity index is 0.000000463. The molecule has 2 unspecified atom stereocenters. The summed E-state index contributed by atoms with van der Waals surface area (Å²) in [5.74, 6) is 1.57. The van der Waals surface area contributed by atoms with Gasteiger partial charge >= 0.3 is 11.8 Å². The summed E-state index contributed by atoms with van der Waals surface area (Å²) >= 11 is 0. The van der Waals surface area contributed by atoms with Crippen molar-refractivity contribution in [1.82, 2.24) is 0 Å². The highest BCUT2D eigenvalue weighted by atomic mass is 32.2. The van der Waals surface area contributed by atoms with Gasteiger partial charge in [0.25, 0.3) is 9.84 Å². The van der Waals surface area contributed by atoms with Crippen LogP contribution in [-0.2, 0) is 19.0 Å². The minimum atomic E-state index is -5.26. The van der Waals surface area contributed by atoms with Gasteiger partial charge in [0.2, 0.25) is 8.03 Å². The predicted octanol–water partition coefficient (Wildman–Crippen LogP) is 3.60. The Morgan fingerprint density at radius 3 is 1.40 bits per heavy atom. The summed E-state index contributed by atoms with van der Waals surface area (Å²) in [5, 5.41) is 1.46. The van der Waals surface area contributed by atoms with Crippen LogP contribution in [0.2, 0.25) is 0 Å². The Bertz CT molecular complexity index is 620. The predicted molar refractivity (Wildman–Crippen MR) is 100 cm³/mol. The quantitative estimate of drug-likeness (QED) is 0.203. The van der Waals surface area contributed by atoms with Crippen molar-refractivity contribution >= 4 is 25.5 Å². The summed E-state index contributed by atoms with van der Waals surface area (Å²) in [4.78, 5) is 25.7. The van der Waals surface area contributed by atoms with Crippen molar-refractivity contribution in [3.05, 3.63) is 0 Å². The second-order valence-corrected chi connectivity index (χ2v) is 12.1. The van der Waals surface area contributed by atoms with Gasteiger partial charge in [-0.15, -0.1) is 0 Å². The topological polar surface area (TPSA) is 129 Å². The zero-order valence-electron chi connectivity index (χ0n) is 14.9. The molecule has 1 aliphatic rings. The molecule has 1 rings (SSSR count). The van der Waals surface area contributed by atoms with E-state index in [1.54, 1.807) is 5.92 Å². The van der Waals surface area contributed by atoms with Crippen molar-refractivity contribution < 1.29 is 32.2 Å². The highest BCUT2D eigenvalue weighted by Crippen LogP contribution is 2.66. The normalized spacial score (nSPS) is 22.0. The summed E-state index contributed by atoms with van der Waals surface area (Å²) in [6.07, 6.45) is 14.4. The lowest BCUT2D eigenvalue weighted by Crippen LogP contribution is -2.38. The lowest BCUT2D eigenvalue weighted by molar-refractivity contribution is 0.366. The SMILES string of the molecule is CCCCCCCCCCCC.O=[PH](O)C1(P(=O)(O)O)C#CS1(=O)=O. The third-order valence-electron chi connectivity index (χ3n) is 3.90. The van der Waals surface area contributed by atoms with E-state index >= 15 is 0 Å². The van der Waals surface area contributed by atoms with Crippen LogP contribution in [0.5, 0.6) is 0 Å². The van der Waals surface area contributed by atoms with Gasteiger partial charge in [-0.05, 0) is 5.92 Å². The van der Waals surface area contributed by atoms with Crippen molar-refractivity contribution in [2.45, 2.75) is 82.3 Å². The fourth-order valence-corrected chi connectivity index (χ4v) is 6.78. The van der Waals surface area contributed by atoms with Crippen molar-refractivity contribution in [2.75, 3.05) is 0 Å². The average Bonchev–Trinajstić information content (AvgIpc) is 2.48. The van der Waals surface area contributed by atoms with Crippen LogP contribution in [0, 0.1) is 11.2 Å². The molecule has 0 aromatic rings. The van der Waals surface area contributed by atoms with E-state index in [1.165, 1.54) is 69.5 Å². The highest BCUT2D eigenvalue weighted by molar-refractivity contribution is 8.11. The van der Waals surface area contributed by atoms with E-state index in [-0.39, 0.29) is 0 Å². The van der Waals surface area contributed by atoms with Gasteiger partial charge in [0.1, 0.15) is 0 Å². The van der Waals surface area contributed by atoms with Crippen LogP contribution in [0.3, 0.4) is 0 Å². The molecule has 1 aliphatic heterocycles. The number of sulfone groups is 1. The van der Waals surface area contributed by atoms with E-state index in [0.717, 1.165) is 0 Å². The molecule has 148 valence electrons. The molecule has 0 radical (unpaired) electrons. The fourth-order valence-electron chi connectivity index (χ4n) is 2.31. The van der Waals surface area contributed by atoms with Crippen molar-refractivity contribution in [1.29, 1.82) is 0 Å². The summed E-state index contributed by atoms with van der Waals surface area (Å²) < 4.78 is 39.8. The summed E-state index contributed by atoms with van der Waals surface area (Å²) in [6, 6.07) is 0. The molecule has 0 saturated carbocycles. The van der Waals surface area contributed by atoms with Crippen molar-refractivity contribution in [3.63, 3.8) is 0 Å². The summed E-state index contributed by atoms with van der Waals surface area (Å²) in [7, 11) is -13.7. The first-order valence-corrected chi connectivity index (χ1v) is 13.1. The number of unbranched alkanes of at least 4 members (excludes halogenated alkanes) is 9. The maximum atomic E-state index is 10.8. The lowest BCUT2D eigenvalue weighted by atomic mass is 10.1. The van der Waals surface area contributed by atoms with E-state index in [2.05, 4.69) is 13.8 Å². The van der Waals surface area contributed by atoms with Gasteiger partial charge in [-0.3, -0.25) is 9.13 Å². The number of rotatable bonds is 11. The van der Waals surface area contributed by atoms with Gasteiger partial charge in [-0.1, -0.05) is 78.1 Å². The molecule has 0 amide bonds. The van der Waals surface area contributed by atoms with Gasteiger partial charge in [0, 0.05) is 5.25 Å². The van der Waals surface area contributed by atoms with Crippen LogP contribution >= 0.6 is 15.6 Å². The first-order chi connectivity index (χ1) is 11.6. The molecule has 0 aliphatic carbocycles. The zero-order chi connectivity index (χ0) is 19.6. The van der Waals surface area contributed by atoms with Crippen molar-refractivity contribution in [3.8, 4) is 11.2 Å². The van der Waals surface area contributed by atoms with Gasteiger partial charge in [-0.2, -0.15) is 0 Å². The smallest absolute Gasteiger partial charge is 0.344 e. The molecular formula is C15H30O7P2S. The first-order valence-electron chi connectivity index (χ1n) is 8.64. The lowest BCUT2D eigenvalue weighted by Gasteiger charge is -2.27. The van der Waals surface area contributed by atoms with Gasteiger partial charge in [-0.25, -0.2) is 8.42 Å². The van der Waals surface area contributed by atoms with Crippen LogP contribution in [0.4, 0.5) is 0 Å². The molecule has 3 N–H and O–H groups in total. The van der Waals surface area contributed by atoms with Crippen LogP contribution in [0.25, 0.3) is 0 Å². The molecule has 0 saturated heterocycles. The molecule has 10 heteroatoms. The Hall–Kier alpha value is -0.150. The van der Waals surface area contributed by atoms with Crippen LogP contribution in [-0.4, -0.2) is 27.3 Å². The standard InChI is InChI=1S/C12H26.C3H4O7P2S/c1-3-5-7-9-11-12-10-8-6-4-2;4-11(5)3(12(6,7)8)1-2-13(3,9)10/h3-12H2,1-2H3;11H,(H,4,5)(H2,6,7,8). The Kier molecular flexibility index (Phi) is 11.5. The number of hydrogen-bond donors (Lipinski definition) is 3.